The molecule has 0 bridgehead atoms. The molecule has 0 aliphatic rings. The number of benzene rings is 5. The molecule has 14 heteroatoms. The molecule has 0 fully saturated rings. The highest BCUT2D eigenvalue weighted by molar-refractivity contribution is 6.18. The lowest BCUT2D eigenvalue weighted by Gasteiger charge is -2.19. The van der Waals surface area contributed by atoms with Gasteiger partial charge in [-0.2, -0.15) is 47.4 Å². The summed E-state index contributed by atoms with van der Waals surface area (Å²) >= 11 is 0. The second-order valence-corrected chi connectivity index (χ2v) is 12.5. The highest BCUT2D eigenvalue weighted by atomic mass is 19.4. The van der Waals surface area contributed by atoms with Crippen LogP contribution in [0.1, 0.15) is 22.3 Å². The second kappa shape index (κ2) is 13.6. The number of nitriles is 4. The number of hydrogen-bond acceptors (Lipinski definition) is 8. The predicted molar refractivity (Wildman–Crippen MR) is 191 cm³/mol. The topological polar surface area (TPSA) is 147 Å². The molecule has 0 radical (unpaired) electrons. The Balaban J connectivity index is 1.73. The van der Waals surface area contributed by atoms with Crippen LogP contribution in [0.4, 0.5) is 26.3 Å². The Morgan fingerprint density at radius 3 is 1.16 bits per heavy atom. The lowest BCUT2D eigenvalue weighted by molar-refractivity contribution is -0.137. The average molecular weight is 755 g/mol. The summed E-state index contributed by atoms with van der Waals surface area (Å²) in [5, 5.41) is 39.2. The molecular weight excluding hydrogens is 734 g/mol. The third-order valence-corrected chi connectivity index (χ3v) is 8.99. The third-order valence-electron chi connectivity index (χ3n) is 8.99. The van der Waals surface area contributed by atoms with Gasteiger partial charge < -0.3 is 8.83 Å². The van der Waals surface area contributed by atoms with Gasteiger partial charge in [0.15, 0.2) is 22.3 Å². The number of rotatable bonds is 4. The number of oxazole rings is 2. The molecule has 56 heavy (non-hydrogen) atoms. The number of alkyl halides is 6. The third kappa shape index (κ3) is 6.16. The molecule has 7 aromatic rings. The Bertz CT molecular complexity index is 2790. The number of nitrogens with zero attached hydrogens (tertiary/aromatic N) is 6. The monoisotopic (exact) mass is 754 g/mol. The SMILES string of the molecule is Cc1ccc(-c2ccccc2-c2c3nc(=C(C#N)C#N)oc3c(-c3ccccc3-c3ccc(C)cc3C(F)(F)F)c3nc(=C(C#N)C#N)oc23)c(C(F)(F)F)c1. The molecule has 0 atom stereocenters. The maximum Gasteiger partial charge on any atom is 0.417 e. The molecule has 8 nitrogen and oxygen atoms in total. The van der Waals surface area contributed by atoms with E-state index in [2.05, 4.69) is 9.97 Å². The number of fused-ring (bicyclic) bond motifs is 2. The molecular formula is C42H20F6N6O2. The lowest BCUT2D eigenvalue weighted by Crippen LogP contribution is -2.08. The van der Waals surface area contributed by atoms with Crippen LogP contribution in [-0.4, -0.2) is 9.97 Å². The van der Waals surface area contributed by atoms with E-state index in [4.69, 9.17) is 8.83 Å². The predicted octanol–water partition coefficient (Wildman–Crippen LogP) is 9.69. The summed E-state index contributed by atoms with van der Waals surface area (Å²) in [6.45, 7) is 3.01. The van der Waals surface area contributed by atoms with Crippen molar-refractivity contribution in [2.45, 2.75) is 26.2 Å². The van der Waals surface area contributed by atoms with E-state index >= 15 is 0 Å². The molecule has 5 aromatic carbocycles. The minimum Gasteiger partial charge on any atom is -0.434 e. The summed E-state index contributed by atoms with van der Waals surface area (Å²) in [6, 6.07) is 26.2. The van der Waals surface area contributed by atoms with Crippen LogP contribution in [0.2, 0.25) is 0 Å². The van der Waals surface area contributed by atoms with Crippen LogP contribution >= 0.6 is 0 Å². The Hall–Kier alpha value is -7.68. The van der Waals surface area contributed by atoms with Crippen LogP contribution in [0.5, 0.6) is 0 Å². The van der Waals surface area contributed by atoms with E-state index in [9.17, 15) is 47.4 Å². The summed E-state index contributed by atoms with van der Waals surface area (Å²) in [6.07, 6.45) is -9.60. The summed E-state index contributed by atoms with van der Waals surface area (Å²) in [5.41, 5.74) is -4.66. The molecule has 0 saturated carbocycles. The van der Waals surface area contributed by atoms with Crippen molar-refractivity contribution in [3.8, 4) is 68.8 Å². The number of hydrogen-bond donors (Lipinski definition) is 0. The Labute approximate surface area is 312 Å². The van der Waals surface area contributed by atoms with Crippen molar-refractivity contribution < 1.29 is 35.2 Å². The van der Waals surface area contributed by atoms with E-state index in [0.717, 1.165) is 12.1 Å². The molecule has 0 N–H and O–H groups in total. The van der Waals surface area contributed by atoms with E-state index < -0.39 is 45.7 Å². The molecule has 0 amide bonds. The van der Waals surface area contributed by atoms with Gasteiger partial charge in [0, 0.05) is 0 Å². The van der Waals surface area contributed by atoms with Crippen molar-refractivity contribution in [2.24, 2.45) is 0 Å². The smallest absolute Gasteiger partial charge is 0.417 e. The van der Waals surface area contributed by atoms with Crippen molar-refractivity contribution >= 4 is 33.3 Å². The van der Waals surface area contributed by atoms with E-state index in [0.29, 0.717) is 11.1 Å². The molecule has 2 aromatic heterocycles. The maximum atomic E-state index is 14.6. The largest absolute Gasteiger partial charge is 0.434 e. The first-order chi connectivity index (χ1) is 26.7. The van der Waals surface area contributed by atoms with Crippen molar-refractivity contribution in [3.05, 3.63) is 118 Å². The number of aromatic nitrogens is 2. The van der Waals surface area contributed by atoms with Gasteiger partial charge in [-0.05, 0) is 59.4 Å². The standard InChI is InChI=1S/C42H20F6N6O2/c1-21-11-13-27(31(15-21)41(43,44)45)25-7-3-5-9-29(25)33-35-38(56-39(53-35)23(17-49)18-50)34(36-37(33)55-40(54-36)24(19-51)20-52)30-10-6-4-8-26(30)28-14-12-22(2)16-32(28)42(46,47)48/h3-16H,1-2H3. The first-order valence-corrected chi connectivity index (χ1v) is 16.4. The van der Waals surface area contributed by atoms with Crippen LogP contribution in [0, 0.1) is 59.2 Å². The van der Waals surface area contributed by atoms with Crippen molar-refractivity contribution in [2.75, 3.05) is 0 Å². The maximum absolute atomic E-state index is 14.6. The van der Waals surface area contributed by atoms with E-state index in [1.54, 1.807) is 24.3 Å². The average Bonchev–Trinajstić information content (AvgIpc) is 3.79. The van der Waals surface area contributed by atoms with Crippen LogP contribution in [0.3, 0.4) is 0 Å². The molecule has 0 aliphatic carbocycles. The highest BCUT2D eigenvalue weighted by Crippen LogP contribution is 2.49. The molecule has 0 aliphatic heterocycles. The number of halogens is 6. The highest BCUT2D eigenvalue weighted by Gasteiger charge is 2.37. The van der Waals surface area contributed by atoms with E-state index in [-0.39, 0.29) is 66.7 Å². The van der Waals surface area contributed by atoms with Crippen LogP contribution in [-0.2, 0) is 12.4 Å². The molecule has 7 rings (SSSR count). The summed E-state index contributed by atoms with van der Waals surface area (Å²) in [5.74, 6) is 0. The molecule has 0 saturated heterocycles. The molecule has 272 valence electrons. The Kier molecular flexibility index (Phi) is 8.92. The van der Waals surface area contributed by atoms with Crippen molar-refractivity contribution in [1.82, 2.24) is 9.97 Å². The van der Waals surface area contributed by atoms with Gasteiger partial charge in [0.25, 0.3) is 0 Å². The number of aryl methyl sites for hydroxylation is 2. The minimum absolute atomic E-state index is 0.0297. The van der Waals surface area contributed by atoms with E-state index in [1.165, 1.54) is 86.6 Å². The zero-order valence-electron chi connectivity index (χ0n) is 28.9. The quantitative estimate of drug-likeness (QED) is 0.161. The Morgan fingerprint density at radius 1 is 0.500 bits per heavy atom. The van der Waals surface area contributed by atoms with Crippen LogP contribution < -0.4 is 11.1 Å². The second-order valence-electron chi connectivity index (χ2n) is 12.5. The fourth-order valence-corrected chi connectivity index (χ4v) is 6.61. The van der Waals surface area contributed by atoms with E-state index in [1.807, 2.05) is 0 Å². The Morgan fingerprint density at radius 2 is 0.839 bits per heavy atom. The van der Waals surface area contributed by atoms with Gasteiger partial charge in [0.05, 0.1) is 22.3 Å². The van der Waals surface area contributed by atoms with Gasteiger partial charge in [-0.1, -0.05) is 83.9 Å². The summed E-state index contributed by atoms with van der Waals surface area (Å²) in [7, 11) is 0. The normalized spacial score (nSPS) is 11.5. The molecule has 0 spiro atoms. The fourth-order valence-electron chi connectivity index (χ4n) is 6.61. The van der Waals surface area contributed by atoms with Gasteiger partial charge >= 0.3 is 12.4 Å². The van der Waals surface area contributed by atoms with Gasteiger partial charge in [0.1, 0.15) is 35.3 Å². The molecule has 0 unspecified atom stereocenters. The zero-order chi connectivity index (χ0) is 40.1. The van der Waals surface area contributed by atoms with Crippen LogP contribution in [0.15, 0.2) is 93.8 Å². The molecule has 2 heterocycles. The van der Waals surface area contributed by atoms with Crippen molar-refractivity contribution in [1.29, 1.82) is 21.0 Å². The van der Waals surface area contributed by atoms with Crippen LogP contribution in [0.25, 0.3) is 77.9 Å². The summed E-state index contributed by atoms with van der Waals surface area (Å²) < 4.78 is 99.7. The zero-order valence-corrected chi connectivity index (χ0v) is 28.9. The van der Waals surface area contributed by atoms with Gasteiger partial charge in [-0.15, -0.1) is 0 Å². The minimum atomic E-state index is -4.80. The van der Waals surface area contributed by atoms with Gasteiger partial charge in [0.2, 0.25) is 11.1 Å². The summed E-state index contributed by atoms with van der Waals surface area (Å²) in [4.78, 5) is 8.95. The van der Waals surface area contributed by atoms with Gasteiger partial charge in [-0.3, -0.25) is 0 Å². The lowest BCUT2D eigenvalue weighted by atomic mass is 9.87. The first-order valence-electron chi connectivity index (χ1n) is 16.4. The van der Waals surface area contributed by atoms with Crippen molar-refractivity contribution in [3.63, 3.8) is 0 Å². The van der Waals surface area contributed by atoms with Gasteiger partial charge in [-0.25, -0.2) is 9.97 Å². The first kappa shape index (κ1) is 36.7. The fraction of sp³-hybridized carbons (Fsp3) is 0.0952.